The summed E-state index contributed by atoms with van der Waals surface area (Å²) in [6.45, 7) is 15.8. The first-order chi connectivity index (χ1) is 8.37. The third kappa shape index (κ3) is 6.36. The number of aliphatic carboxylic acids is 1. The zero-order valence-electron chi connectivity index (χ0n) is 12.7. The van der Waals surface area contributed by atoms with Crippen LogP contribution >= 0.6 is 0 Å². The Bertz CT molecular complexity index is 238. The molecule has 0 unspecified atom stereocenters. The predicted octanol–water partition coefficient (Wildman–Crippen LogP) is 2.15. The summed E-state index contributed by atoms with van der Waals surface area (Å²) in [6, 6.07) is 0. The van der Waals surface area contributed by atoms with Crippen LogP contribution in [0.1, 0.15) is 41.0 Å². The highest BCUT2D eigenvalue weighted by Gasteiger charge is 2.29. The molecule has 0 amide bonds. The van der Waals surface area contributed by atoms with Crippen LogP contribution in [0.3, 0.4) is 0 Å². The average molecular weight is 258 g/mol. The largest absolute Gasteiger partial charge is 0.481 e. The van der Waals surface area contributed by atoms with Crippen molar-refractivity contribution < 1.29 is 9.90 Å². The van der Waals surface area contributed by atoms with Gasteiger partial charge in [0, 0.05) is 6.54 Å². The van der Waals surface area contributed by atoms with E-state index >= 15 is 0 Å². The molecule has 0 aliphatic heterocycles. The van der Waals surface area contributed by atoms with E-state index in [9.17, 15) is 4.79 Å². The zero-order valence-corrected chi connectivity index (χ0v) is 12.7. The summed E-state index contributed by atoms with van der Waals surface area (Å²) in [5.74, 6) is -0.718. The lowest BCUT2D eigenvalue weighted by Crippen LogP contribution is -2.40. The van der Waals surface area contributed by atoms with Crippen molar-refractivity contribution in [1.29, 1.82) is 0 Å². The lowest BCUT2D eigenvalue weighted by molar-refractivity contribution is -0.148. The van der Waals surface area contributed by atoms with Gasteiger partial charge in [-0.05, 0) is 53.0 Å². The lowest BCUT2D eigenvalue weighted by atomic mass is 9.93. The van der Waals surface area contributed by atoms with Crippen molar-refractivity contribution in [1.82, 2.24) is 9.80 Å². The second kappa shape index (κ2) is 8.48. The minimum atomic E-state index is -0.718. The first-order valence-corrected chi connectivity index (χ1v) is 7.05. The van der Waals surface area contributed by atoms with E-state index in [0.29, 0.717) is 6.54 Å². The summed E-state index contributed by atoms with van der Waals surface area (Å²) < 4.78 is 0. The van der Waals surface area contributed by atoms with Crippen molar-refractivity contribution >= 4 is 5.97 Å². The van der Waals surface area contributed by atoms with Crippen LogP contribution in [0, 0.1) is 5.41 Å². The molecule has 0 rings (SSSR count). The summed E-state index contributed by atoms with van der Waals surface area (Å²) in [5.41, 5.74) is -0.661. The van der Waals surface area contributed by atoms with Gasteiger partial charge in [-0.3, -0.25) is 4.79 Å². The van der Waals surface area contributed by atoms with Crippen molar-refractivity contribution in [3.63, 3.8) is 0 Å². The Hall–Kier alpha value is -0.610. The fourth-order valence-electron chi connectivity index (χ4n) is 2.03. The zero-order chi connectivity index (χ0) is 14.2. The van der Waals surface area contributed by atoms with Gasteiger partial charge >= 0.3 is 5.97 Å². The molecule has 0 aromatic rings. The summed E-state index contributed by atoms with van der Waals surface area (Å²) in [6.07, 6.45) is 1.10. The van der Waals surface area contributed by atoms with Gasteiger partial charge in [0.2, 0.25) is 0 Å². The maximum Gasteiger partial charge on any atom is 0.310 e. The summed E-state index contributed by atoms with van der Waals surface area (Å²) >= 11 is 0. The van der Waals surface area contributed by atoms with Gasteiger partial charge in [0.15, 0.2) is 0 Å². The summed E-state index contributed by atoms with van der Waals surface area (Å²) in [5, 5.41) is 9.14. The molecule has 0 radical (unpaired) electrons. The van der Waals surface area contributed by atoms with Gasteiger partial charge in [-0.2, -0.15) is 0 Å². The number of rotatable bonds is 10. The van der Waals surface area contributed by atoms with Crippen LogP contribution in [0.4, 0.5) is 0 Å². The molecule has 0 heterocycles. The normalized spacial score (nSPS) is 12.4. The van der Waals surface area contributed by atoms with Gasteiger partial charge in [-0.15, -0.1) is 0 Å². The third-order valence-electron chi connectivity index (χ3n) is 3.49. The molecule has 0 aliphatic rings. The third-order valence-corrected chi connectivity index (χ3v) is 3.49. The maximum absolute atomic E-state index is 11.1. The Morgan fingerprint density at radius 2 is 1.44 bits per heavy atom. The van der Waals surface area contributed by atoms with E-state index in [1.807, 2.05) is 0 Å². The highest BCUT2D eigenvalue weighted by Crippen LogP contribution is 2.17. The van der Waals surface area contributed by atoms with Crippen molar-refractivity contribution in [3.8, 4) is 0 Å². The minimum Gasteiger partial charge on any atom is -0.481 e. The minimum absolute atomic E-state index is 0.622. The molecule has 0 aliphatic carbocycles. The van der Waals surface area contributed by atoms with Crippen LogP contribution in [0.5, 0.6) is 0 Å². The van der Waals surface area contributed by atoms with Crippen LogP contribution in [-0.2, 0) is 4.79 Å². The van der Waals surface area contributed by atoms with E-state index in [0.717, 1.165) is 39.1 Å². The molecule has 0 saturated carbocycles. The fourth-order valence-corrected chi connectivity index (χ4v) is 2.03. The first-order valence-electron chi connectivity index (χ1n) is 7.05. The fraction of sp³-hybridized carbons (Fsp3) is 0.929. The van der Waals surface area contributed by atoms with Crippen LogP contribution in [0.25, 0.3) is 0 Å². The standard InChI is InChI=1S/C14H30N2O2/c1-6-15(7-2)10-9-11-16(8-3)12-14(4,5)13(17)18/h6-12H2,1-5H3,(H,17,18). The number of nitrogens with zero attached hydrogens (tertiary/aromatic N) is 2. The molecule has 108 valence electrons. The predicted molar refractivity (Wildman–Crippen MR) is 75.9 cm³/mol. The molecule has 18 heavy (non-hydrogen) atoms. The molecule has 0 atom stereocenters. The molecule has 4 nitrogen and oxygen atoms in total. The molecule has 0 saturated heterocycles. The topological polar surface area (TPSA) is 43.8 Å². The number of hydrogen-bond acceptors (Lipinski definition) is 3. The van der Waals surface area contributed by atoms with Gasteiger partial charge < -0.3 is 14.9 Å². The smallest absolute Gasteiger partial charge is 0.310 e. The van der Waals surface area contributed by atoms with Crippen molar-refractivity contribution in [2.75, 3.05) is 39.3 Å². The van der Waals surface area contributed by atoms with Crippen LogP contribution < -0.4 is 0 Å². The van der Waals surface area contributed by atoms with Gasteiger partial charge in [0.05, 0.1) is 5.41 Å². The molecule has 4 heteroatoms. The van der Waals surface area contributed by atoms with E-state index < -0.39 is 11.4 Å². The summed E-state index contributed by atoms with van der Waals surface area (Å²) in [7, 11) is 0. The van der Waals surface area contributed by atoms with E-state index in [4.69, 9.17) is 5.11 Å². The maximum atomic E-state index is 11.1. The van der Waals surface area contributed by atoms with Crippen molar-refractivity contribution in [3.05, 3.63) is 0 Å². The monoisotopic (exact) mass is 258 g/mol. The molecule has 0 bridgehead atoms. The van der Waals surface area contributed by atoms with Gasteiger partial charge in [0.25, 0.3) is 0 Å². The molecule has 0 aromatic carbocycles. The number of carboxylic acids is 1. The van der Waals surface area contributed by atoms with Gasteiger partial charge in [0.1, 0.15) is 0 Å². The molecule has 0 spiro atoms. The molecule has 0 fully saturated rings. The molecule has 0 aromatic heterocycles. The Morgan fingerprint density at radius 3 is 1.83 bits per heavy atom. The van der Waals surface area contributed by atoms with Crippen molar-refractivity contribution in [2.45, 2.75) is 41.0 Å². The van der Waals surface area contributed by atoms with E-state index in [2.05, 4.69) is 30.6 Å². The molecular weight excluding hydrogens is 228 g/mol. The van der Waals surface area contributed by atoms with E-state index in [1.165, 1.54) is 0 Å². The van der Waals surface area contributed by atoms with Gasteiger partial charge in [-0.1, -0.05) is 20.8 Å². The van der Waals surface area contributed by atoms with Gasteiger partial charge in [-0.25, -0.2) is 0 Å². The second-order valence-electron chi connectivity index (χ2n) is 5.44. The first kappa shape index (κ1) is 17.4. The number of carboxylic acid groups (broad SMARTS) is 1. The Morgan fingerprint density at radius 1 is 1.00 bits per heavy atom. The lowest BCUT2D eigenvalue weighted by Gasteiger charge is -2.29. The highest BCUT2D eigenvalue weighted by atomic mass is 16.4. The Labute approximate surface area is 112 Å². The van der Waals surface area contributed by atoms with Crippen molar-refractivity contribution in [2.24, 2.45) is 5.41 Å². The second-order valence-corrected chi connectivity index (χ2v) is 5.44. The summed E-state index contributed by atoms with van der Waals surface area (Å²) in [4.78, 5) is 15.7. The highest BCUT2D eigenvalue weighted by molar-refractivity contribution is 5.73. The van der Waals surface area contributed by atoms with Crippen LogP contribution in [-0.4, -0.2) is 60.1 Å². The molecule has 1 N–H and O–H groups in total. The number of carbonyl (C=O) groups is 1. The Kier molecular flexibility index (Phi) is 8.20. The quantitative estimate of drug-likeness (QED) is 0.652. The van der Waals surface area contributed by atoms with E-state index in [-0.39, 0.29) is 0 Å². The molecular formula is C14H30N2O2. The SMILES string of the molecule is CCN(CC)CCCN(CC)CC(C)(C)C(=O)O. The Balaban J connectivity index is 4.09. The van der Waals surface area contributed by atoms with Crippen LogP contribution in [0.2, 0.25) is 0 Å². The number of hydrogen-bond donors (Lipinski definition) is 1. The van der Waals surface area contributed by atoms with Crippen LogP contribution in [0.15, 0.2) is 0 Å². The van der Waals surface area contributed by atoms with E-state index in [1.54, 1.807) is 13.8 Å². The average Bonchev–Trinajstić information content (AvgIpc) is 2.32.